The summed E-state index contributed by atoms with van der Waals surface area (Å²) in [4.78, 5) is 17.6. The van der Waals surface area contributed by atoms with Gasteiger partial charge in [-0.1, -0.05) is 52.8 Å². The van der Waals surface area contributed by atoms with Crippen LogP contribution in [0, 0.1) is 0 Å². The van der Waals surface area contributed by atoms with Crippen LogP contribution in [0.15, 0.2) is 71.1 Å². The van der Waals surface area contributed by atoms with Crippen molar-refractivity contribution in [2.24, 2.45) is 0 Å². The Morgan fingerprint density at radius 2 is 1.57 bits per heavy atom. The highest BCUT2D eigenvalue weighted by atomic mass is 16.5. The third-order valence-corrected chi connectivity index (χ3v) is 6.11. The van der Waals surface area contributed by atoms with Crippen LogP contribution < -0.4 is 10.1 Å². The molecule has 0 aliphatic heterocycles. The molecular formula is C30H34N2O3. The van der Waals surface area contributed by atoms with Gasteiger partial charge in [0, 0.05) is 11.3 Å². The highest BCUT2D eigenvalue weighted by Gasteiger charge is 2.30. The van der Waals surface area contributed by atoms with E-state index in [9.17, 15) is 4.79 Å². The van der Waals surface area contributed by atoms with E-state index in [1.807, 2.05) is 54.6 Å². The van der Waals surface area contributed by atoms with E-state index >= 15 is 0 Å². The zero-order chi connectivity index (χ0) is 25.4. The predicted molar refractivity (Wildman–Crippen MR) is 142 cm³/mol. The first-order valence-electron chi connectivity index (χ1n) is 12.0. The number of hydrogen-bond donors (Lipinski definition) is 1. The average molecular weight is 471 g/mol. The largest absolute Gasteiger partial charge is 0.478 e. The number of hydrogen-bond acceptors (Lipinski definition) is 4. The van der Waals surface area contributed by atoms with Gasteiger partial charge in [0.25, 0.3) is 5.91 Å². The van der Waals surface area contributed by atoms with E-state index in [-0.39, 0.29) is 11.3 Å². The van der Waals surface area contributed by atoms with Gasteiger partial charge in [0.05, 0.1) is 0 Å². The first-order chi connectivity index (χ1) is 16.4. The summed E-state index contributed by atoms with van der Waals surface area (Å²) in [6.07, 6.45) is 0. The summed E-state index contributed by atoms with van der Waals surface area (Å²) in [5, 5.41) is 2.95. The Morgan fingerprint density at radius 1 is 0.914 bits per heavy atom. The molecule has 4 rings (SSSR count). The summed E-state index contributed by atoms with van der Waals surface area (Å²) in [5.41, 5.74) is 4.59. The predicted octanol–water partition coefficient (Wildman–Crippen LogP) is 7.71. The molecule has 0 saturated carbocycles. The molecule has 0 unspecified atom stereocenters. The molecule has 3 aromatic carbocycles. The molecule has 5 heteroatoms. The molecule has 0 atom stereocenters. The Labute approximate surface area is 207 Å². The number of nitrogens with zero attached hydrogens (tertiary/aromatic N) is 1. The number of carbonyl (C=O) groups is 1. The van der Waals surface area contributed by atoms with Crippen molar-refractivity contribution in [3.8, 4) is 17.2 Å². The van der Waals surface area contributed by atoms with E-state index in [1.54, 1.807) is 13.8 Å². The van der Waals surface area contributed by atoms with E-state index < -0.39 is 5.60 Å². The van der Waals surface area contributed by atoms with Gasteiger partial charge in [0.1, 0.15) is 11.3 Å². The van der Waals surface area contributed by atoms with Gasteiger partial charge in [0.15, 0.2) is 11.2 Å². The number of anilines is 1. The molecule has 0 aliphatic carbocycles. The topological polar surface area (TPSA) is 64.4 Å². The Hall–Kier alpha value is -3.60. The summed E-state index contributed by atoms with van der Waals surface area (Å²) in [6.45, 7) is 14.3. The highest BCUT2D eigenvalue weighted by Crippen LogP contribution is 2.29. The number of benzene rings is 3. The molecule has 1 N–H and O–H groups in total. The number of carbonyl (C=O) groups excluding carboxylic acids is 1. The molecule has 5 nitrogen and oxygen atoms in total. The van der Waals surface area contributed by atoms with Crippen molar-refractivity contribution in [1.29, 1.82) is 0 Å². The fourth-order valence-corrected chi connectivity index (χ4v) is 3.77. The van der Waals surface area contributed by atoms with Gasteiger partial charge in [-0.15, -0.1) is 0 Å². The number of fused-ring (bicyclic) bond motifs is 1. The van der Waals surface area contributed by atoms with Crippen LogP contribution in [0.2, 0.25) is 0 Å². The van der Waals surface area contributed by atoms with Gasteiger partial charge in [-0.3, -0.25) is 4.79 Å². The zero-order valence-electron chi connectivity index (χ0n) is 21.6. The van der Waals surface area contributed by atoms with Gasteiger partial charge < -0.3 is 14.5 Å². The molecule has 0 radical (unpaired) electrons. The second-order valence-corrected chi connectivity index (χ2v) is 10.8. The third kappa shape index (κ3) is 5.56. The Kier molecular flexibility index (Phi) is 6.46. The van der Waals surface area contributed by atoms with Crippen molar-refractivity contribution in [3.63, 3.8) is 0 Å². The van der Waals surface area contributed by atoms with Crippen LogP contribution in [0.25, 0.3) is 22.6 Å². The normalized spacial score (nSPS) is 12.2. The van der Waals surface area contributed by atoms with Crippen LogP contribution >= 0.6 is 0 Å². The Bertz CT molecular complexity index is 1330. The van der Waals surface area contributed by atoms with Gasteiger partial charge in [-0.25, -0.2) is 4.98 Å². The molecule has 182 valence electrons. The Balaban J connectivity index is 1.44. The standard InChI is InChI=1S/C30H34N2O3/c1-19(2)21-10-17-26-25(18-21)32-27(34-26)20-8-13-23(14-9-20)31-28(33)30(6,7)35-24-15-11-22(12-16-24)29(3,4)5/h8-19H,1-7H3,(H,31,33). The minimum atomic E-state index is -1.05. The number of amides is 1. The first-order valence-corrected chi connectivity index (χ1v) is 12.0. The lowest BCUT2D eigenvalue weighted by Gasteiger charge is -2.26. The van der Waals surface area contributed by atoms with Gasteiger partial charge in [-0.05, 0) is 84.8 Å². The lowest BCUT2D eigenvalue weighted by molar-refractivity contribution is -0.128. The van der Waals surface area contributed by atoms with Crippen molar-refractivity contribution in [2.45, 2.75) is 65.4 Å². The third-order valence-electron chi connectivity index (χ3n) is 6.11. The van der Waals surface area contributed by atoms with E-state index in [4.69, 9.17) is 9.15 Å². The minimum absolute atomic E-state index is 0.0620. The molecule has 0 fully saturated rings. The molecule has 1 heterocycles. The first kappa shape index (κ1) is 24.5. The van der Waals surface area contributed by atoms with Crippen molar-refractivity contribution in [3.05, 3.63) is 77.9 Å². The van der Waals surface area contributed by atoms with Crippen molar-refractivity contribution >= 4 is 22.7 Å². The SMILES string of the molecule is CC(C)c1ccc2oc(-c3ccc(NC(=O)C(C)(C)Oc4ccc(C(C)(C)C)cc4)cc3)nc2c1. The molecule has 0 bridgehead atoms. The Morgan fingerprint density at radius 3 is 2.17 bits per heavy atom. The molecule has 35 heavy (non-hydrogen) atoms. The monoisotopic (exact) mass is 470 g/mol. The molecule has 0 saturated heterocycles. The van der Waals surface area contributed by atoms with Crippen LogP contribution in [0.3, 0.4) is 0 Å². The minimum Gasteiger partial charge on any atom is -0.478 e. The fourth-order valence-electron chi connectivity index (χ4n) is 3.77. The van der Waals surface area contributed by atoms with Crippen molar-refractivity contribution < 1.29 is 13.9 Å². The molecule has 0 aliphatic rings. The van der Waals surface area contributed by atoms with Gasteiger partial charge in [0.2, 0.25) is 5.89 Å². The summed E-state index contributed by atoms with van der Waals surface area (Å²) in [5.74, 6) is 1.41. The van der Waals surface area contributed by atoms with Crippen LogP contribution in [-0.2, 0) is 10.2 Å². The molecule has 1 amide bonds. The summed E-state index contributed by atoms with van der Waals surface area (Å²) in [7, 11) is 0. The number of oxazole rings is 1. The summed E-state index contributed by atoms with van der Waals surface area (Å²) in [6, 6.07) is 21.5. The van der Waals surface area contributed by atoms with E-state index in [1.165, 1.54) is 11.1 Å². The van der Waals surface area contributed by atoms with E-state index in [0.29, 0.717) is 23.2 Å². The molecule has 4 aromatic rings. The molecular weight excluding hydrogens is 436 g/mol. The van der Waals surface area contributed by atoms with Crippen LogP contribution in [0.1, 0.15) is 65.5 Å². The van der Waals surface area contributed by atoms with Crippen molar-refractivity contribution in [2.75, 3.05) is 5.32 Å². The maximum atomic E-state index is 13.0. The number of aromatic nitrogens is 1. The van der Waals surface area contributed by atoms with Crippen molar-refractivity contribution in [1.82, 2.24) is 4.98 Å². The summed E-state index contributed by atoms with van der Waals surface area (Å²) < 4.78 is 12.0. The zero-order valence-corrected chi connectivity index (χ0v) is 21.6. The van der Waals surface area contributed by atoms with Crippen LogP contribution in [0.4, 0.5) is 5.69 Å². The second kappa shape index (κ2) is 9.21. The summed E-state index contributed by atoms with van der Waals surface area (Å²) >= 11 is 0. The van der Waals surface area contributed by atoms with E-state index in [2.05, 4.69) is 57.1 Å². The number of nitrogens with one attached hydrogen (secondary N) is 1. The van der Waals surface area contributed by atoms with Crippen LogP contribution in [0.5, 0.6) is 5.75 Å². The second-order valence-electron chi connectivity index (χ2n) is 10.8. The van der Waals surface area contributed by atoms with E-state index in [0.717, 1.165) is 16.7 Å². The quantitative estimate of drug-likeness (QED) is 0.313. The van der Waals surface area contributed by atoms with Crippen LogP contribution in [-0.4, -0.2) is 16.5 Å². The lowest BCUT2D eigenvalue weighted by Crippen LogP contribution is -2.42. The average Bonchev–Trinajstić information content (AvgIpc) is 3.22. The number of rotatable bonds is 6. The van der Waals surface area contributed by atoms with Gasteiger partial charge in [-0.2, -0.15) is 0 Å². The molecule has 0 spiro atoms. The van der Waals surface area contributed by atoms with Gasteiger partial charge >= 0.3 is 0 Å². The smallest absolute Gasteiger partial charge is 0.267 e. The maximum Gasteiger partial charge on any atom is 0.267 e. The fraction of sp³-hybridized carbons (Fsp3) is 0.333. The highest BCUT2D eigenvalue weighted by molar-refractivity contribution is 5.97. The number of ether oxygens (including phenoxy) is 1. The molecule has 1 aromatic heterocycles. The maximum absolute atomic E-state index is 13.0. The lowest BCUT2D eigenvalue weighted by atomic mass is 9.87.